The molecule has 0 aliphatic heterocycles. The average molecular weight is 498 g/mol. The fraction of sp³-hybridized carbons (Fsp3) is 0.154. The summed E-state index contributed by atoms with van der Waals surface area (Å²) in [5, 5.41) is 6.05. The summed E-state index contributed by atoms with van der Waals surface area (Å²) >= 11 is 7.50. The Morgan fingerprint density at radius 3 is 2.24 bits per heavy atom. The molecular weight excluding hydrogens is 476 g/mol. The third kappa shape index (κ3) is 5.61. The van der Waals surface area contributed by atoms with Crippen LogP contribution in [0.25, 0.3) is 11.3 Å². The first-order chi connectivity index (χ1) is 16.4. The summed E-state index contributed by atoms with van der Waals surface area (Å²) in [4.78, 5) is 19.9. The monoisotopic (exact) mass is 497 g/mol. The number of anilines is 2. The third-order valence-corrected chi connectivity index (χ3v) is 6.42. The molecule has 1 N–H and O–H groups in total. The molecule has 1 unspecified atom stereocenters. The number of hydrogen-bond acceptors (Lipinski definition) is 4. The SMILES string of the molecule is CCC(C(=O)NCc1ccc(F)cc1)N(c1ccc(Cl)cc1)c1nc(-c2ccc(F)cc2)cs1. The fourth-order valence-corrected chi connectivity index (χ4v) is 4.58. The van der Waals surface area contributed by atoms with Crippen LogP contribution in [0, 0.1) is 11.6 Å². The van der Waals surface area contributed by atoms with Crippen molar-refractivity contribution in [3.63, 3.8) is 0 Å². The molecule has 1 amide bonds. The van der Waals surface area contributed by atoms with E-state index >= 15 is 0 Å². The molecule has 4 aromatic rings. The topological polar surface area (TPSA) is 45.2 Å². The highest BCUT2D eigenvalue weighted by molar-refractivity contribution is 7.14. The predicted octanol–water partition coefficient (Wildman–Crippen LogP) is 6.97. The Bertz CT molecular complexity index is 1240. The fourth-order valence-electron chi connectivity index (χ4n) is 3.55. The Labute approximate surface area is 205 Å². The maximum Gasteiger partial charge on any atom is 0.243 e. The number of carbonyl (C=O) groups is 1. The second-order valence-electron chi connectivity index (χ2n) is 7.64. The van der Waals surface area contributed by atoms with Gasteiger partial charge in [0.2, 0.25) is 5.91 Å². The Kier molecular flexibility index (Phi) is 7.55. The number of hydrogen-bond donors (Lipinski definition) is 1. The molecule has 0 aliphatic carbocycles. The number of aromatic nitrogens is 1. The Balaban J connectivity index is 1.63. The molecule has 1 heterocycles. The average Bonchev–Trinajstić information content (AvgIpc) is 3.33. The summed E-state index contributed by atoms with van der Waals surface area (Å²) in [5.74, 6) is -0.817. The number of carbonyl (C=O) groups excluding carboxylic acids is 1. The van der Waals surface area contributed by atoms with E-state index in [0.29, 0.717) is 22.3 Å². The van der Waals surface area contributed by atoms with Crippen LogP contribution in [-0.4, -0.2) is 16.9 Å². The van der Waals surface area contributed by atoms with Crippen LogP contribution < -0.4 is 10.2 Å². The van der Waals surface area contributed by atoms with E-state index in [1.165, 1.54) is 35.6 Å². The van der Waals surface area contributed by atoms with Gasteiger partial charge in [-0.3, -0.25) is 4.79 Å². The molecule has 1 atom stereocenters. The maximum absolute atomic E-state index is 13.3. The van der Waals surface area contributed by atoms with Crippen LogP contribution in [0.1, 0.15) is 18.9 Å². The lowest BCUT2D eigenvalue weighted by Gasteiger charge is -2.30. The van der Waals surface area contributed by atoms with Gasteiger partial charge in [-0.1, -0.05) is 30.7 Å². The van der Waals surface area contributed by atoms with E-state index < -0.39 is 6.04 Å². The van der Waals surface area contributed by atoms with Crippen molar-refractivity contribution >= 4 is 39.7 Å². The van der Waals surface area contributed by atoms with Crippen LogP contribution in [0.4, 0.5) is 19.6 Å². The number of nitrogens with zero attached hydrogens (tertiary/aromatic N) is 2. The molecular formula is C26H22ClF2N3OS. The van der Waals surface area contributed by atoms with Gasteiger partial charge in [-0.05, 0) is 72.6 Å². The van der Waals surface area contributed by atoms with E-state index in [0.717, 1.165) is 16.8 Å². The number of amides is 1. The van der Waals surface area contributed by atoms with Crippen LogP contribution in [0.2, 0.25) is 5.02 Å². The minimum absolute atomic E-state index is 0.180. The van der Waals surface area contributed by atoms with Gasteiger partial charge in [0.05, 0.1) is 5.69 Å². The molecule has 4 nitrogen and oxygen atoms in total. The van der Waals surface area contributed by atoms with E-state index in [1.54, 1.807) is 36.4 Å². The summed E-state index contributed by atoms with van der Waals surface area (Å²) in [6.45, 7) is 2.21. The zero-order chi connectivity index (χ0) is 24.1. The van der Waals surface area contributed by atoms with Gasteiger partial charge >= 0.3 is 0 Å². The molecule has 0 aliphatic rings. The molecule has 0 radical (unpaired) electrons. The second kappa shape index (κ2) is 10.8. The Morgan fingerprint density at radius 1 is 1.00 bits per heavy atom. The van der Waals surface area contributed by atoms with Crippen molar-refractivity contribution < 1.29 is 13.6 Å². The van der Waals surface area contributed by atoms with Gasteiger partial charge in [0.25, 0.3) is 0 Å². The number of thiazole rings is 1. The lowest BCUT2D eigenvalue weighted by molar-refractivity contribution is -0.122. The lowest BCUT2D eigenvalue weighted by atomic mass is 10.1. The first-order valence-electron chi connectivity index (χ1n) is 10.7. The van der Waals surface area contributed by atoms with Crippen molar-refractivity contribution in [2.45, 2.75) is 25.9 Å². The van der Waals surface area contributed by atoms with Crippen molar-refractivity contribution in [2.24, 2.45) is 0 Å². The molecule has 174 valence electrons. The highest BCUT2D eigenvalue weighted by Gasteiger charge is 2.28. The van der Waals surface area contributed by atoms with Crippen LogP contribution in [-0.2, 0) is 11.3 Å². The van der Waals surface area contributed by atoms with Gasteiger partial charge in [-0.15, -0.1) is 11.3 Å². The van der Waals surface area contributed by atoms with Crippen LogP contribution in [0.15, 0.2) is 78.2 Å². The van der Waals surface area contributed by atoms with Crippen molar-refractivity contribution in [2.75, 3.05) is 4.90 Å². The highest BCUT2D eigenvalue weighted by atomic mass is 35.5. The quantitative estimate of drug-likeness (QED) is 0.286. The predicted molar refractivity (Wildman–Crippen MR) is 133 cm³/mol. The van der Waals surface area contributed by atoms with Crippen molar-refractivity contribution in [1.82, 2.24) is 10.3 Å². The third-order valence-electron chi connectivity index (χ3n) is 5.32. The zero-order valence-electron chi connectivity index (χ0n) is 18.3. The van der Waals surface area contributed by atoms with Gasteiger partial charge in [-0.2, -0.15) is 0 Å². The molecule has 0 saturated carbocycles. The molecule has 3 aromatic carbocycles. The number of nitrogens with one attached hydrogen (secondary N) is 1. The minimum atomic E-state index is -0.547. The van der Waals surface area contributed by atoms with E-state index in [1.807, 2.05) is 29.3 Å². The molecule has 34 heavy (non-hydrogen) atoms. The molecule has 1 aromatic heterocycles. The summed E-state index contributed by atoms with van der Waals surface area (Å²) in [5.41, 5.74) is 3.05. The Morgan fingerprint density at radius 2 is 1.62 bits per heavy atom. The van der Waals surface area contributed by atoms with Gasteiger partial charge in [0.15, 0.2) is 5.13 Å². The normalized spacial score (nSPS) is 11.8. The number of halogens is 3. The van der Waals surface area contributed by atoms with E-state index in [9.17, 15) is 13.6 Å². The van der Waals surface area contributed by atoms with Gasteiger partial charge in [-0.25, -0.2) is 13.8 Å². The largest absolute Gasteiger partial charge is 0.350 e. The number of benzene rings is 3. The van der Waals surface area contributed by atoms with Crippen molar-refractivity contribution in [3.05, 3.63) is 100 Å². The first-order valence-corrected chi connectivity index (χ1v) is 12.0. The Hall–Kier alpha value is -3.29. The van der Waals surface area contributed by atoms with Crippen molar-refractivity contribution in [1.29, 1.82) is 0 Å². The summed E-state index contributed by atoms with van der Waals surface area (Å²) in [6, 6.07) is 18.8. The van der Waals surface area contributed by atoms with Crippen LogP contribution in [0.3, 0.4) is 0 Å². The summed E-state index contributed by atoms with van der Waals surface area (Å²) in [7, 11) is 0. The molecule has 4 rings (SSSR count). The summed E-state index contributed by atoms with van der Waals surface area (Å²) in [6.07, 6.45) is 0.517. The zero-order valence-corrected chi connectivity index (χ0v) is 19.9. The highest BCUT2D eigenvalue weighted by Crippen LogP contribution is 2.35. The molecule has 8 heteroatoms. The van der Waals surface area contributed by atoms with E-state index in [-0.39, 0.29) is 24.1 Å². The smallest absolute Gasteiger partial charge is 0.243 e. The van der Waals surface area contributed by atoms with Gasteiger partial charge in [0, 0.05) is 28.2 Å². The standard InChI is InChI=1S/C26H22ClF2N3OS/c1-2-24(25(33)30-15-17-3-9-20(28)10-4-17)32(22-13-7-19(27)8-14-22)26-31-23(16-34-26)18-5-11-21(29)12-6-18/h3-14,16,24H,2,15H2,1H3,(H,30,33). The number of rotatable bonds is 8. The molecule has 0 bridgehead atoms. The lowest BCUT2D eigenvalue weighted by Crippen LogP contribution is -2.44. The van der Waals surface area contributed by atoms with Crippen LogP contribution in [0.5, 0.6) is 0 Å². The molecule has 0 saturated heterocycles. The van der Waals surface area contributed by atoms with Crippen molar-refractivity contribution in [3.8, 4) is 11.3 Å². The van der Waals surface area contributed by atoms with E-state index in [4.69, 9.17) is 16.6 Å². The molecule has 0 spiro atoms. The molecule has 0 fully saturated rings. The minimum Gasteiger partial charge on any atom is -0.350 e. The van der Waals surface area contributed by atoms with E-state index in [2.05, 4.69) is 5.32 Å². The van der Waals surface area contributed by atoms with Gasteiger partial charge in [0.1, 0.15) is 17.7 Å². The maximum atomic E-state index is 13.3. The van der Waals surface area contributed by atoms with Gasteiger partial charge < -0.3 is 10.2 Å². The second-order valence-corrected chi connectivity index (χ2v) is 8.91. The first kappa shape index (κ1) is 23.9. The summed E-state index contributed by atoms with van der Waals surface area (Å²) < 4.78 is 26.5. The van der Waals surface area contributed by atoms with Crippen LogP contribution >= 0.6 is 22.9 Å².